The third kappa shape index (κ3) is 16.8. The van der Waals surface area contributed by atoms with Crippen LogP contribution in [0.5, 0.6) is 0 Å². The number of piperidine rings is 2. The number of methoxy groups -OCH3 is 1. The van der Waals surface area contributed by atoms with Crippen LogP contribution in [0.25, 0.3) is 0 Å². The number of nitrogens with two attached hydrogens (primary N) is 1. The Morgan fingerprint density at radius 2 is 0.947 bits per heavy atom. The third-order valence-electron chi connectivity index (χ3n) is 12.3. The highest BCUT2D eigenvalue weighted by molar-refractivity contribution is 5.79. The number of esters is 1. The van der Waals surface area contributed by atoms with Crippen LogP contribution in [0.4, 0.5) is 9.59 Å². The van der Waals surface area contributed by atoms with Gasteiger partial charge in [-0.3, -0.25) is 10.1 Å². The topological polar surface area (TPSA) is 142 Å². The van der Waals surface area contributed by atoms with E-state index in [4.69, 9.17) is 29.4 Å². The van der Waals surface area contributed by atoms with Crippen molar-refractivity contribution in [3.63, 3.8) is 0 Å². The second kappa shape index (κ2) is 21.9. The van der Waals surface area contributed by atoms with E-state index in [0.29, 0.717) is 18.0 Å². The Balaban J connectivity index is 0.000000315. The minimum Gasteiger partial charge on any atom is -0.468 e. The minimum atomic E-state index is -0.642. The van der Waals surface area contributed by atoms with Gasteiger partial charge in [0.15, 0.2) is 0 Å². The fourth-order valence-corrected chi connectivity index (χ4v) is 9.36. The molecule has 2 saturated carbocycles. The van der Waals surface area contributed by atoms with E-state index >= 15 is 0 Å². The Kier molecular flexibility index (Phi) is 18.9. The summed E-state index contributed by atoms with van der Waals surface area (Å²) >= 11 is 0. The van der Waals surface area contributed by atoms with Crippen molar-refractivity contribution in [3.8, 4) is 0 Å². The SMILES string of the molecule is COC(=O)C(C)(C)NC1CCC(CCOC2C[C@@H](C)N(C(=O)OC(C)(C)C)[C@@H](C)C2)CC1.C[C@@H]1CC(OCCC2CCC(N)CC2)C[C@H](C)N1C(=O)OC(C)(C)C. The molecule has 0 aromatic rings. The van der Waals surface area contributed by atoms with E-state index in [9.17, 15) is 14.4 Å². The molecule has 2 saturated heterocycles. The maximum absolute atomic E-state index is 12.6. The fourth-order valence-electron chi connectivity index (χ4n) is 9.36. The molecule has 0 bridgehead atoms. The molecule has 4 rings (SSSR count). The minimum absolute atomic E-state index is 0.110. The largest absolute Gasteiger partial charge is 0.468 e. The van der Waals surface area contributed by atoms with Crippen LogP contribution in [0, 0.1) is 11.8 Å². The van der Waals surface area contributed by atoms with Crippen molar-refractivity contribution in [3.05, 3.63) is 0 Å². The van der Waals surface area contributed by atoms with Crippen LogP contribution in [0.15, 0.2) is 0 Å². The zero-order valence-electron chi connectivity index (χ0n) is 38.3. The van der Waals surface area contributed by atoms with Gasteiger partial charge in [0.1, 0.15) is 16.7 Å². The molecule has 2 aliphatic heterocycles. The van der Waals surface area contributed by atoms with Gasteiger partial charge in [-0.15, -0.1) is 0 Å². The van der Waals surface area contributed by atoms with E-state index < -0.39 is 16.7 Å². The molecule has 0 aromatic carbocycles. The first kappa shape index (κ1) is 49.2. The Labute approximate surface area is 346 Å². The van der Waals surface area contributed by atoms with Crippen molar-refractivity contribution >= 4 is 18.2 Å². The summed E-state index contributed by atoms with van der Waals surface area (Å²) in [6.07, 6.45) is 15.0. The predicted octanol–water partition coefficient (Wildman–Crippen LogP) is 8.76. The lowest BCUT2D eigenvalue weighted by Crippen LogP contribution is -2.53. The molecule has 332 valence electrons. The molecule has 2 heterocycles. The van der Waals surface area contributed by atoms with E-state index in [0.717, 1.165) is 96.2 Å². The van der Waals surface area contributed by atoms with E-state index in [1.54, 1.807) is 0 Å². The molecule has 4 fully saturated rings. The van der Waals surface area contributed by atoms with Gasteiger partial charge in [-0.2, -0.15) is 0 Å². The van der Waals surface area contributed by atoms with E-state index in [1.807, 2.05) is 65.2 Å². The standard InChI is InChI=1S/C25H46N2O5.C20H38N2O3/c1-17-15-21(16-18(2)27(17)23(29)32-24(3,4)5)31-14-13-19-9-11-20(12-10-19)26-25(6,7)22(28)30-8;1-14-12-18(24-11-10-16-6-8-17(21)9-7-16)13-15(2)22(14)19(23)25-20(3,4)5/h17-21,26H,9-16H2,1-8H3;14-18H,6-13,21H2,1-5H3/t17-,18+,19?,20?,21?;14-,15+,16?,17?,18?. The average Bonchev–Trinajstić information content (AvgIpc) is 3.07. The molecule has 2 aliphatic carbocycles. The van der Waals surface area contributed by atoms with Gasteiger partial charge in [-0.05, 0) is 185 Å². The van der Waals surface area contributed by atoms with Crippen LogP contribution >= 0.6 is 0 Å². The molecule has 12 heteroatoms. The first-order valence-corrected chi connectivity index (χ1v) is 22.3. The number of amides is 2. The van der Waals surface area contributed by atoms with Crippen molar-refractivity contribution in [1.29, 1.82) is 0 Å². The predicted molar refractivity (Wildman–Crippen MR) is 226 cm³/mol. The monoisotopic (exact) mass is 809 g/mol. The number of hydrogen-bond acceptors (Lipinski definition) is 10. The third-order valence-corrected chi connectivity index (χ3v) is 12.3. The lowest BCUT2D eigenvalue weighted by Gasteiger charge is -2.42. The van der Waals surface area contributed by atoms with Crippen LogP contribution in [0.1, 0.15) is 173 Å². The Hall–Kier alpha value is -2.15. The van der Waals surface area contributed by atoms with Crippen molar-refractivity contribution < 1.29 is 38.1 Å². The van der Waals surface area contributed by atoms with Crippen molar-refractivity contribution in [2.45, 2.75) is 238 Å². The smallest absolute Gasteiger partial charge is 0.410 e. The summed E-state index contributed by atoms with van der Waals surface area (Å²) in [7, 11) is 1.44. The molecule has 3 N–H and O–H groups in total. The number of hydrogen-bond donors (Lipinski definition) is 2. The van der Waals surface area contributed by atoms with Crippen LogP contribution in [-0.2, 0) is 28.5 Å². The quantitative estimate of drug-likeness (QED) is 0.154. The second-order valence-electron chi connectivity index (χ2n) is 20.4. The molecular weight excluding hydrogens is 725 g/mol. The Bertz CT molecular complexity index is 1210. The first-order valence-electron chi connectivity index (χ1n) is 22.3. The molecule has 57 heavy (non-hydrogen) atoms. The van der Waals surface area contributed by atoms with E-state index in [1.165, 1.54) is 20.0 Å². The molecule has 4 aliphatic rings. The summed E-state index contributed by atoms with van der Waals surface area (Å²) in [6, 6.07) is 1.29. The summed E-state index contributed by atoms with van der Waals surface area (Å²) < 4.78 is 28.5. The molecule has 12 nitrogen and oxygen atoms in total. The highest BCUT2D eigenvalue weighted by Crippen LogP contribution is 2.32. The van der Waals surface area contributed by atoms with Gasteiger partial charge in [-0.25, -0.2) is 9.59 Å². The van der Waals surface area contributed by atoms with Crippen molar-refractivity contribution in [1.82, 2.24) is 15.1 Å². The molecular formula is C45H84N4O8. The van der Waals surface area contributed by atoms with Crippen LogP contribution in [-0.4, -0.2) is 113 Å². The molecule has 2 unspecified atom stereocenters. The highest BCUT2D eigenvalue weighted by atomic mass is 16.6. The number of rotatable bonds is 11. The number of carbonyl (C=O) groups is 3. The number of carbonyl (C=O) groups excluding carboxylic acids is 3. The van der Waals surface area contributed by atoms with Gasteiger partial charge < -0.3 is 39.2 Å². The van der Waals surface area contributed by atoms with Gasteiger partial charge in [0.25, 0.3) is 0 Å². The van der Waals surface area contributed by atoms with Crippen LogP contribution < -0.4 is 11.1 Å². The molecule has 6 atom stereocenters. The first-order chi connectivity index (χ1) is 26.5. The molecule has 0 radical (unpaired) electrons. The highest BCUT2D eigenvalue weighted by Gasteiger charge is 2.39. The zero-order valence-corrected chi connectivity index (χ0v) is 38.3. The molecule has 0 aromatic heterocycles. The van der Waals surface area contributed by atoms with Crippen LogP contribution in [0.2, 0.25) is 0 Å². The number of likely N-dealkylation sites (tertiary alicyclic amines) is 2. The normalized spacial score (nSPS) is 31.5. The fraction of sp³-hybridized carbons (Fsp3) is 0.933. The average molecular weight is 809 g/mol. The van der Waals surface area contributed by atoms with Gasteiger partial charge in [0.2, 0.25) is 0 Å². The molecule has 0 spiro atoms. The summed E-state index contributed by atoms with van der Waals surface area (Å²) in [5, 5.41) is 3.46. The van der Waals surface area contributed by atoms with Crippen molar-refractivity contribution in [2.75, 3.05) is 20.3 Å². The van der Waals surface area contributed by atoms with E-state index in [-0.39, 0.29) is 54.5 Å². The maximum Gasteiger partial charge on any atom is 0.410 e. The van der Waals surface area contributed by atoms with Gasteiger partial charge in [0, 0.05) is 49.5 Å². The van der Waals surface area contributed by atoms with Gasteiger partial charge >= 0.3 is 18.2 Å². The van der Waals surface area contributed by atoms with Crippen molar-refractivity contribution in [2.24, 2.45) is 17.6 Å². The van der Waals surface area contributed by atoms with E-state index in [2.05, 4.69) is 33.0 Å². The Morgan fingerprint density at radius 1 is 0.596 bits per heavy atom. The van der Waals surface area contributed by atoms with Gasteiger partial charge in [-0.1, -0.05) is 0 Å². The number of nitrogens with zero attached hydrogens (tertiary/aromatic N) is 2. The van der Waals surface area contributed by atoms with Crippen LogP contribution in [0.3, 0.4) is 0 Å². The second-order valence-corrected chi connectivity index (χ2v) is 20.4. The summed E-state index contributed by atoms with van der Waals surface area (Å²) in [4.78, 5) is 40.7. The Morgan fingerprint density at radius 3 is 1.28 bits per heavy atom. The lowest BCUT2D eigenvalue weighted by atomic mass is 9.83. The number of ether oxygens (including phenoxy) is 5. The lowest BCUT2D eigenvalue weighted by molar-refractivity contribution is -0.147. The van der Waals surface area contributed by atoms with Gasteiger partial charge in [0.05, 0.1) is 19.3 Å². The summed E-state index contributed by atoms with van der Waals surface area (Å²) in [6.45, 7) is 25.2. The molecule has 2 amide bonds. The summed E-state index contributed by atoms with van der Waals surface area (Å²) in [5.41, 5.74) is 4.40. The number of nitrogens with one attached hydrogen (secondary N) is 1. The zero-order chi connectivity index (χ0) is 42.7. The maximum atomic E-state index is 12.6. The summed E-state index contributed by atoms with van der Waals surface area (Å²) in [5.74, 6) is 1.23.